The standard InChI is InChI=1S/C18H19F5N2/c19-15-7-13(8-16(20)10-15)9-17(24)4-5-25-11-12-2-1-3-14(6-12)18(21,22)23/h1-3,6-8,10,17,25H,4-5,9,11,24H2/t17-/m1/s1. The summed E-state index contributed by atoms with van der Waals surface area (Å²) in [4.78, 5) is 0. The molecule has 0 bridgehead atoms. The topological polar surface area (TPSA) is 38.0 Å². The van der Waals surface area contributed by atoms with Crippen molar-refractivity contribution in [3.63, 3.8) is 0 Å². The van der Waals surface area contributed by atoms with Gasteiger partial charge in [0.15, 0.2) is 0 Å². The number of alkyl halides is 3. The molecule has 0 aromatic heterocycles. The summed E-state index contributed by atoms with van der Waals surface area (Å²) >= 11 is 0. The third kappa shape index (κ3) is 6.43. The van der Waals surface area contributed by atoms with Gasteiger partial charge in [-0.3, -0.25) is 0 Å². The van der Waals surface area contributed by atoms with Gasteiger partial charge in [0.1, 0.15) is 11.6 Å². The number of benzene rings is 2. The van der Waals surface area contributed by atoms with Gasteiger partial charge in [0.05, 0.1) is 5.56 Å². The SMILES string of the molecule is N[C@H](CCNCc1cccc(C(F)(F)F)c1)Cc1cc(F)cc(F)c1. The summed E-state index contributed by atoms with van der Waals surface area (Å²) in [6, 6.07) is 8.06. The lowest BCUT2D eigenvalue weighted by molar-refractivity contribution is -0.137. The maximum atomic E-state index is 13.1. The van der Waals surface area contributed by atoms with Crippen LogP contribution in [0.25, 0.3) is 0 Å². The normalized spacial score (nSPS) is 13.0. The van der Waals surface area contributed by atoms with Crippen LogP contribution in [0.5, 0.6) is 0 Å². The lowest BCUT2D eigenvalue weighted by atomic mass is 10.0. The van der Waals surface area contributed by atoms with E-state index in [9.17, 15) is 22.0 Å². The van der Waals surface area contributed by atoms with Crippen molar-refractivity contribution < 1.29 is 22.0 Å². The highest BCUT2D eigenvalue weighted by Crippen LogP contribution is 2.29. The molecule has 0 saturated heterocycles. The first-order valence-corrected chi connectivity index (χ1v) is 7.81. The van der Waals surface area contributed by atoms with Gasteiger partial charge in [-0.05, 0) is 48.7 Å². The zero-order valence-corrected chi connectivity index (χ0v) is 13.4. The van der Waals surface area contributed by atoms with Crippen LogP contribution in [0.15, 0.2) is 42.5 Å². The minimum absolute atomic E-state index is 0.283. The van der Waals surface area contributed by atoms with Crippen molar-refractivity contribution in [3.05, 3.63) is 70.8 Å². The van der Waals surface area contributed by atoms with Gasteiger partial charge in [-0.1, -0.05) is 18.2 Å². The van der Waals surface area contributed by atoms with Crippen LogP contribution < -0.4 is 11.1 Å². The van der Waals surface area contributed by atoms with Gasteiger partial charge >= 0.3 is 6.18 Å². The number of nitrogens with two attached hydrogens (primary N) is 1. The molecule has 0 unspecified atom stereocenters. The Labute approximate surface area is 142 Å². The summed E-state index contributed by atoms with van der Waals surface area (Å²) in [5, 5.41) is 3.02. The quantitative estimate of drug-likeness (QED) is 0.579. The average Bonchev–Trinajstić information content (AvgIpc) is 2.50. The van der Waals surface area contributed by atoms with Crippen molar-refractivity contribution in [1.82, 2.24) is 5.32 Å². The highest BCUT2D eigenvalue weighted by Gasteiger charge is 2.30. The molecular weight excluding hydrogens is 339 g/mol. The maximum Gasteiger partial charge on any atom is 0.416 e. The largest absolute Gasteiger partial charge is 0.416 e. The molecule has 0 spiro atoms. The summed E-state index contributed by atoms with van der Waals surface area (Å²) in [5.74, 6) is -1.30. The van der Waals surface area contributed by atoms with E-state index in [1.165, 1.54) is 18.2 Å². The Bertz CT molecular complexity index is 680. The first kappa shape index (κ1) is 19.3. The summed E-state index contributed by atoms with van der Waals surface area (Å²) < 4.78 is 64.1. The van der Waals surface area contributed by atoms with Crippen LogP contribution in [0.4, 0.5) is 22.0 Å². The van der Waals surface area contributed by atoms with E-state index in [1.807, 2.05) is 0 Å². The van der Waals surface area contributed by atoms with Gasteiger partial charge < -0.3 is 11.1 Å². The lowest BCUT2D eigenvalue weighted by Crippen LogP contribution is -2.28. The smallest absolute Gasteiger partial charge is 0.327 e. The van der Waals surface area contributed by atoms with Gasteiger partial charge in [0.2, 0.25) is 0 Å². The number of nitrogens with one attached hydrogen (secondary N) is 1. The molecule has 0 fully saturated rings. The molecule has 2 nitrogen and oxygen atoms in total. The van der Waals surface area contributed by atoms with Crippen molar-refractivity contribution in [2.45, 2.75) is 31.6 Å². The monoisotopic (exact) mass is 358 g/mol. The molecule has 0 saturated carbocycles. The first-order valence-electron chi connectivity index (χ1n) is 7.81. The third-order valence-electron chi connectivity index (χ3n) is 3.70. The number of halogens is 5. The molecule has 0 heterocycles. The second kappa shape index (κ2) is 8.40. The molecule has 136 valence electrons. The second-order valence-corrected chi connectivity index (χ2v) is 5.91. The van der Waals surface area contributed by atoms with E-state index in [-0.39, 0.29) is 12.6 Å². The molecule has 2 rings (SSSR count). The van der Waals surface area contributed by atoms with Crippen LogP contribution >= 0.6 is 0 Å². The van der Waals surface area contributed by atoms with Crippen molar-refractivity contribution in [1.29, 1.82) is 0 Å². The zero-order valence-electron chi connectivity index (χ0n) is 13.4. The summed E-state index contributed by atoms with van der Waals surface area (Å²) in [7, 11) is 0. The third-order valence-corrected chi connectivity index (χ3v) is 3.70. The van der Waals surface area contributed by atoms with Crippen molar-refractivity contribution >= 4 is 0 Å². The van der Waals surface area contributed by atoms with E-state index in [2.05, 4.69) is 5.32 Å². The molecule has 0 amide bonds. The fourth-order valence-corrected chi connectivity index (χ4v) is 2.51. The van der Waals surface area contributed by atoms with Crippen LogP contribution in [-0.4, -0.2) is 12.6 Å². The first-order chi connectivity index (χ1) is 11.7. The maximum absolute atomic E-state index is 13.1. The Morgan fingerprint density at radius 3 is 2.28 bits per heavy atom. The minimum atomic E-state index is -4.36. The Balaban J connectivity index is 1.77. The predicted octanol–water partition coefficient (Wildman–Crippen LogP) is 4.03. The molecule has 0 radical (unpaired) electrons. The van der Waals surface area contributed by atoms with Crippen LogP contribution in [0, 0.1) is 11.6 Å². The Hall–Kier alpha value is -1.99. The van der Waals surface area contributed by atoms with Gasteiger partial charge in [-0.25, -0.2) is 8.78 Å². The molecule has 0 aliphatic rings. The Morgan fingerprint density at radius 2 is 1.64 bits per heavy atom. The summed E-state index contributed by atoms with van der Waals surface area (Å²) in [6.07, 6.45) is -3.52. The molecule has 3 N–H and O–H groups in total. The van der Waals surface area contributed by atoms with Crippen molar-refractivity contribution in [2.24, 2.45) is 5.73 Å². The van der Waals surface area contributed by atoms with Gasteiger partial charge in [0, 0.05) is 18.7 Å². The fraction of sp³-hybridized carbons (Fsp3) is 0.333. The molecule has 2 aromatic rings. The van der Waals surface area contributed by atoms with Crippen LogP contribution in [0.1, 0.15) is 23.1 Å². The van der Waals surface area contributed by atoms with Crippen LogP contribution in [0.2, 0.25) is 0 Å². The molecule has 1 atom stereocenters. The van der Waals surface area contributed by atoms with Gasteiger partial charge in [-0.15, -0.1) is 0 Å². The highest BCUT2D eigenvalue weighted by molar-refractivity contribution is 5.25. The molecule has 0 aliphatic heterocycles. The van der Waals surface area contributed by atoms with Gasteiger partial charge in [-0.2, -0.15) is 13.2 Å². The summed E-state index contributed by atoms with van der Waals surface area (Å²) in [6.45, 7) is 0.764. The van der Waals surface area contributed by atoms with Crippen molar-refractivity contribution in [2.75, 3.05) is 6.54 Å². The van der Waals surface area contributed by atoms with Crippen molar-refractivity contribution in [3.8, 4) is 0 Å². The summed E-state index contributed by atoms with van der Waals surface area (Å²) in [5.41, 5.74) is 6.25. The van der Waals surface area contributed by atoms with E-state index >= 15 is 0 Å². The zero-order chi connectivity index (χ0) is 18.4. The van der Waals surface area contributed by atoms with Crippen LogP contribution in [0.3, 0.4) is 0 Å². The fourth-order valence-electron chi connectivity index (χ4n) is 2.51. The molecular formula is C18H19F5N2. The number of hydrogen-bond acceptors (Lipinski definition) is 2. The van der Waals surface area contributed by atoms with E-state index < -0.39 is 23.4 Å². The second-order valence-electron chi connectivity index (χ2n) is 5.91. The number of rotatable bonds is 7. The molecule has 2 aromatic carbocycles. The lowest BCUT2D eigenvalue weighted by Gasteiger charge is -2.13. The van der Waals surface area contributed by atoms with E-state index in [0.29, 0.717) is 30.5 Å². The molecule has 25 heavy (non-hydrogen) atoms. The van der Waals surface area contributed by atoms with Crippen LogP contribution in [-0.2, 0) is 19.1 Å². The molecule has 7 heteroatoms. The number of hydrogen-bond donors (Lipinski definition) is 2. The Morgan fingerprint density at radius 1 is 0.960 bits per heavy atom. The van der Waals surface area contributed by atoms with E-state index in [4.69, 9.17) is 5.73 Å². The highest BCUT2D eigenvalue weighted by atomic mass is 19.4. The minimum Gasteiger partial charge on any atom is -0.327 e. The average molecular weight is 358 g/mol. The molecule has 0 aliphatic carbocycles. The van der Waals surface area contributed by atoms with E-state index in [0.717, 1.165) is 18.2 Å². The predicted molar refractivity (Wildman–Crippen MR) is 85.8 cm³/mol. The Kier molecular flexibility index (Phi) is 6.50. The van der Waals surface area contributed by atoms with Gasteiger partial charge in [0.25, 0.3) is 0 Å². The van der Waals surface area contributed by atoms with E-state index in [1.54, 1.807) is 6.07 Å².